The molecule has 2 N–H and O–H groups in total. The number of amides is 1. The third kappa shape index (κ3) is 5.03. The molecule has 0 bridgehead atoms. The second-order valence-corrected chi connectivity index (χ2v) is 7.96. The van der Waals surface area contributed by atoms with E-state index in [-0.39, 0.29) is 29.0 Å². The van der Waals surface area contributed by atoms with Crippen molar-refractivity contribution in [3.63, 3.8) is 0 Å². The maximum atomic E-state index is 12.8. The van der Waals surface area contributed by atoms with Gasteiger partial charge in [0.15, 0.2) is 0 Å². The largest absolute Gasteiger partial charge is 0.473 e. The zero-order valence-corrected chi connectivity index (χ0v) is 18.4. The van der Waals surface area contributed by atoms with Crippen molar-refractivity contribution >= 4 is 34.4 Å². The molecule has 0 saturated carbocycles. The molecule has 32 heavy (non-hydrogen) atoms. The quantitative estimate of drug-likeness (QED) is 0.528. The van der Waals surface area contributed by atoms with Gasteiger partial charge in [0.05, 0.1) is 25.9 Å². The first-order valence-corrected chi connectivity index (χ1v) is 10.8. The van der Waals surface area contributed by atoms with Crippen LogP contribution in [0.15, 0.2) is 42.7 Å². The fraction of sp³-hybridized carbons (Fsp3) is 0.348. The van der Waals surface area contributed by atoms with Gasteiger partial charge >= 0.3 is 5.97 Å². The average Bonchev–Trinajstić information content (AvgIpc) is 3.23. The first-order chi connectivity index (χ1) is 15.5. The Morgan fingerprint density at radius 3 is 2.84 bits per heavy atom. The van der Waals surface area contributed by atoms with Crippen LogP contribution in [0.4, 0.5) is 0 Å². The number of carbonyl (C=O) groups excluding carboxylic acids is 2. The first kappa shape index (κ1) is 22.1. The van der Waals surface area contributed by atoms with Crippen molar-refractivity contribution in [3.8, 4) is 5.88 Å². The Morgan fingerprint density at radius 1 is 1.31 bits per heavy atom. The van der Waals surface area contributed by atoms with Gasteiger partial charge in [-0.15, -0.1) is 0 Å². The third-order valence-corrected chi connectivity index (χ3v) is 5.68. The normalized spacial score (nSPS) is 15.3. The minimum Gasteiger partial charge on any atom is -0.473 e. The SMILES string of the molecule is COC(=O)C(Cc1c[nH]c2ccccc12)NC(=O)c1cnc(OC2CCOCC2)c(Cl)c1. The fourth-order valence-corrected chi connectivity index (χ4v) is 3.90. The number of methoxy groups -OCH3 is 1. The summed E-state index contributed by atoms with van der Waals surface area (Å²) in [6.07, 6.45) is 4.98. The Kier molecular flexibility index (Phi) is 6.92. The first-order valence-electron chi connectivity index (χ1n) is 10.4. The van der Waals surface area contributed by atoms with Crippen LogP contribution in [0.3, 0.4) is 0 Å². The molecule has 4 rings (SSSR count). The van der Waals surface area contributed by atoms with E-state index in [9.17, 15) is 9.59 Å². The number of benzene rings is 1. The number of fused-ring (bicyclic) bond motifs is 1. The maximum absolute atomic E-state index is 12.8. The molecule has 1 aliphatic heterocycles. The summed E-state index contributed by atoms with van der Waals surface area (Å²) in [6.45, 7) is 1.27. The van der Waals surface area contributed by atoms with E-state index in [1.807, 2.05) is 30.5 Å². The van der Waals surface area contributed by atoms with Gasteiger partial charge in [0.2, 0.25) is 5.88 Å². The summed E-state index contributed by atoms with van der Waals surface area (Å²) >= 11 is 6.31. The summed E-state index contributed by atoms with van der Waals surface area (Å²) in [7, 11) is 1.29. The minimum absolute atomic E-state index is 0.0201. The minimum atomic E-state index is -0.872. The van der Waals surface area contributed by atoms with Crippen LogP contribution in [0, 0.1) is 0 Å². The van der Waals surface area contributed by atoms with Gasteiger partial charge in [-0.25, -0.2) is 9.78 Å². The molecule has 1 aliphatic rings. The van der Waals surface area contributed by atoms with E-state index in [2.05, 4.69) is 15.3 Å². The molecule has 0 aliphatic carbocycles. The number of hydrogen-bond donors (Lipinski definition) is 2. The maximum Gasteiger partial charge on any atom is 0.328 e. The summed E-state index contributed by atoms with van der Waals surface area (Å²) in [4.78, 5) is 32.6. The van der Waals surface area contributed by atoms with E-state index in [0.717, 1.165) is 29.3 Å². The Hall–Kier alpha value is -3.10. The number of hydrogen-bond acceptors (Lipinski definition) is 6. The van der Waals surface area contributed by atoms with E-state index in [1.165, 1.54) is 19.4 Å². The molecule has 0 spiro atoms. The summed E-state index contributed by atoms with van der Waals surface area (Å²) < 4.78 is 16.1. The van der Waals surface area contributed by atoms with Crippen molar-refractivity contribution in [2.45, 2.75) is 31.4 Å². The van der Waals surface area contributed by atoms with Crippen molar-refractivity contribution in [3.05, 3.63) is 58.9 Å². The highest BCUT2D eigenvalue weighted by Gasteiger charge is 2.25. The predicted molar refractivity (Wildman–Crippen MR) is 119 cm³/mol. The zero-order chi connectivity index (χ0) is 22.5. The van der Waals surface area contributed by atoms with Crippen molar-refractivity contribution in [1.29, 1.82) is 0 Å². The van der Waals surface area contributed by atoms with Crippen molar-refractivity contribution in [2.24, 2.45) is 0 Å². The zero-order valence-electron chi connectivity index (χ0n) is 17.6. The molecule has 1 aromatic carbocycles. The number of ether oxygens (including phenoxy) is 3. The Balaban J connectivity index is 1.47. The number of H-pyrrole nitrogens is 1. The summed E-state index contributed by atoms with van der Waals surface area (Å²) in [6, 6.07) is 8.36. The van der Waals surface area contributed by atoms with Gasteiger partial charge in [0.1, 0.15) is 17.2 Å². The smallest absolute Gasteiger partial charge is 0.328 e. The molecule has 1 amide bonds. The van der Waals surface area contributed by atoms with Crippen LogP contribution in [0.25, 0.3) is 10.9 Å². The second kappa shape index (κ2) is 10.0. The van der Waals surface area contributed by atoms with Gasteiger partial charge in [0.25, 0.3) is 5.91 Å². The number of esters is 1. The third-order valence-electron chi connectivity index (χ3n) is 5.41. The van der Waals surface area contributed by atoms with Crippen molar-refractivity contribution in [1.82, 2.24) is 15.3 Å². The molecule has 0 radical (unpaired) electrons. The summed E-state index contributed by atoms with van der Waals surface area (Å²) in [5.41, 5.74) is 2.07. The number of nitrogens with one attached hydrogen (secondary N) is 2. The Bertz CT molecular complexity index is 1110. The molecule has 3 heterocycles. The monoisotopic (exact) mass is 457 g/mol. The van der Waals surface area contributed by atoms with Crippen LogP contribution in [0.5, 0.6) is 5.88 Å². The van der Waals surface area contributed by atoms with Gasteiger partial charge in [-0.3, -0.25) is 4.79 Å². The van der Waals surface area contributed by atoms with Crippen LogP contribution in [-0.2, 0) is 20.7 Å². The fourth-order valence-electron chi connectivity index (χ4n) is 3.69. The predicted octanol–water partition coefficient (Wildman–Crippen LogP) is 3.29. The Morgan fingerprint density at radius 2 is 2.09 bits per heavy atom. The number of aromatic amines is 1. The molecule has 168 valence electrons. The van der Waals surface area contributed by atoms with Crippen LogP contribution < -0.4 is 10.1 Å². The average molecular weight is 458 g/mol. The second-order valence-electron chi connectivity index (χ2n) is 7.55. The van der Waals surface area contributed by atoms with Gasteiger partial charge in [-0.2, -0.15) is 0 Å². The number of rotatable bonds is 7. The van der Waals surface area contributed by atoms with Gasteiger partial charge < -0.3 is 24.5 Å². The molecule has 2 aromatic heterocycles. The highest BCUT2D eigenvalue weighted by atomic mass is 35.5. The molecule has 9 heteroatoms. The molecule has 1 fully saturated rings. The highest BCUT2D eigenvalue weighted by molar-refractivity contribution is 6.32. The van der Waals surface area contributed by atoms with E-state index in [0.29, 0.717) is 13.2 Å². The van der Waals surface area contributed by atoms with Crippen molar-refractivity contribution < 1.29 is 23.8 Å². The van der Waals surface area contributed by atoms with Crippen LogP contribution in [0.1, 0.15) is 28.8 Å². The number of pyridine rings is 1. The van der Waals surface area contributed by atoms with Crippen LogP contribution in [0.2, 0.25) is 5.02 Å². The van der Waals surface area contributed by atoms with Gasteiger partial charge in [-0.1, -0.05) is 29.8 Å². The lowest BCUT2D eigenvalue weighted by Crippen LogP contribution is -2.43. The number of para-hydroxylation sites is 1. The molecular weight excluding hydrogens is 434 g/mol. The van der Waals surface area contributed by atoms with Crippen LogP contribution in [-0.4, -0.2) is 54.3 Å². The lowest BCUT2D eigenvalue weighted by Gasteiger charge is -2.23. The van der Waals surface area contributed by atoms with Crippen LogP contribution >= 0.6 is 11.6 Å². The summed E-state index contributed by atoms with van der Waals surface area (Å²) in [5, 5.41) is 3.94. The van der Waals surface area contributed by atoms with E-state index in [1.54, 1.807) is 0 Å². The van der Waals surface area contributed by atoms with E-state index < -0.39 is 17.9 Å². The molecule has 1 atom stereocenters. The number of halogens is 1. The van der Waals surface area contributed by atoms with Gasteiger partial charge in [-0.05, 0) is 17.7 Å². The number of carbonyl (C=O) groups is 2. The molecular formula is C23H24ClN3O5. The molecule has 1 saturated heterocycles. The number of nitrogens with zero attached hydrogens (tertiary/aromatic N) is 1. The Labute approximate surface area is 190 Å². The lowest BCUT2D eigenvalue weighted by molar-refractivity contribution is -0.142. The molecule has 1 unspecified atom stereocenters. The topological polar surface area (TPSA) is 103 Å². The number of aromatic nitrogens is 2. The van der Waals surface area contributed by atoms with E-state index >= 15 is 0 Å². The van der Waals surface area contributed by atoms with E-state index in [4.69, 9.17) is 25.8 Å². The standard InChI is InChI=1S/C23H24ClN3O5/c1-30-23(29)20(11-14-12-25-19-5-3-2-4-17(14)19)27-21(28)15-10-18(24)22(26-13-15)32-16-6-8-31-9-7-16/h2-5,10,12-13,16,20,25H,6-9,11H2,1H3,(H,27,28). The molecule has 3 aromatic rings. The van der Waals surface area contributed by atoms with Crippen molar-refractivity contribution in [2.75, 3.05) is 20.3 Å². The molecule has 8 nitrogen and oxygen atoms in total. The lowest BCUT2D eigenvalue weighted by atomic mass is 10.0. The highest BCUT2D eigenvalue weighted by Crippen LogP contribution is 2.26. The van der Waals surface area contributed by atoms with Gasteiger partial charge in [0, 0.05) is 42.6 Å². The summed E-state index contributed by atoms with van der Waals surface area (Å²) in [5.74, 6) is -0.743.